The summed E-state index contributed by atoms with van der Waals surface area (Å²) in [4.78, 5) is 33.9. The molecule has 9 nitrogen and oxygen atoms in total. The molecule has 0 atom stereocenters. The Kier molecular flexibility index (Phi) is 7.87. The number of thioether (sulfide) groups is 1. The number of benzene rings is 1. The SMILES string of the molecule is CCOC(=O)N1CCN(C(=O)c2csc(CSc3nnc(-c4cccs4)n3-c3cccc(C)c3)n2)CC1. The molecule has 2 amide bonds. The van der Waals surface area contributed by atoms with Crippen molar-refractivity contribution in [2.75, 3.05) is 32.8 Å². The van der Waals surface area contributed by atoms with Gasteiger partial charge in [-0.2, -0.15) is 0 Å². The van der Waals surface area contributed by atoms with Crippen molar-refractivity contribution >= 4 is 46.4 Å². The number of amides is 2. The van der Waals surface area contributed by atoms with E-state index in [0.717, 1.165) is 32.1 Å². The van der Waals surface area contributed by atoms with E-state index in [-0.39, 0.29) is 12.0 Å². The Morgan fingerprint density at radius 2 is 1.86 bits per heavy atom. The van der Waals surface area contributed by atoms with E-state index in [1.54, 1.807) is 45.2 Å². The third-order valence-electron chi connectivity index (χ3n) is 5.82. The fourth-order valence-corrected chi connectivity index (χ4v) is 6.44. The molecule has 0 aliphatic carbocycles. The van der Waals surface area contributed by atoms with Crippen molar-refractivity contribution in [3.05, 3.63) is 63.4 Å². The van der Waals surface area contributed by atoms with Gasteiger partial charge in [-0.25, -0.2) is 9.78 Å². The molecule has 1 aromatic carbocycles. The molecule has 12 heteroatoms. The summed E-state index contributed by atoms with van der Waals surface area (Å²) in [5, 5.41) is 14.4. The monoisotopic (exact) mass is 554 g/mol. The van der Waals surface area contributed by atoms with Crippen molar-refractivity contribution in [3.8, 4) is 16.4 Å². The van der Waals surface area contributed by atoms with Crippen LogP contribution >= 0.6 is 34.4 Å². The maximum absolute atomic E-state index is 13.0. The topological polar surface area (TPSA) is 93.5 Å². The Morgan fingerprint density at radius 3 is 2.59 bits per heavy atom. The lowest BCUT2D eigenvalue weighted by Gasteiger charge is -2.33. The van der Waals surface area contributed by atoms with Gasteiger partial charge in [0.2, 0.25) is 0 Å². The number of nitrogens with zero attached hydrogens (tertiary/aromatic N) is 6. The molecule has 192 valence electrons. The van der Waals surface area contributed by atoms with Crippen LogP contribution in [0.2, 0.25) is 0 Å². The molecule has 3 aromatic heterocycles. The van der Waals surface area contributed by atoms with E-state index < -0.39 is 0 Å². The molecule has 0 spiro atoms. The second kappa shape index (κ2) is 11.4. The second-order valence-electron chi connectivity index (χ2n) is 8.35. The normalized spacial score (nSPS) is 13.7. The maximum atomic E-state index is 13.0. The van der Waals surface area contributed by atoms with Crippen LogP contribution in [0.25, 0.3) is 16.4 Å². The lowest BCUT2D eigenvalue weighted by atomic mass is 10.2. The summed E-state index contributed by atoms with van der Waals surface area (Å²) in [5.41, 5.74) is 2.60. The van der Waals surface area contributed by atoms with Gasteiger partial charge in [0.05, 0.1) is 22.9 Å². The first-order valence-corrected chi connectivity index (χ1v) is 14.6. The van der Waals surface area contributed by atoms with E-state index in [2.05, 4.69) is 44.9 Å². The average molecular weight is 555 g/mol. The molecule has 5 rings (SSSR count). The van der Waals surface area contributed by atoms with Crippen molar-refractivity contribution in [2.24, 2.45) is 0 Å². The van der Waals surface area contributed by atoms with Gasteiger partial charge in [0.15, 0.2) is 11.0 Å². The molecular formula is C25H26N6O3S3. The van der Waals surface area contributed by atoms with E-state index in [9.17, 15) is 9.59 Å². The predicted octanol–water partition coefficient (Wildman–Crippen LogP) is 4.97. The molecule has 1 aliphatic heterocycles. The van der Waals surface area contributed by atoms with Gasteiger partial charge in [-0.15, -0.1) is 32.9 Å². The van der Waals surface area contributed by atoms with Gasteiger partial charge >= 0.3 is 6.09 Å². The van der Waals surface area contributed by atoms with Gasteiger partial charge in [-0.3, -0.25) is 9.36 Å². The molecule has 0 bridgehead atoms. The van der Waals surface area contributed by atoms with Crippen LogP contribution in [0.3, 0.4) is 0 Å². The summed E-state index contributed by atoms with van der Waals surface area (Å²) in [6.07, 6.45) is -0.330. The summed E-state index contributed by atoms with van der Waals surface area (Å²) in [6.45, 7) is 6.03. The first-order chi connectivity index (χ1) is 18.0. The number of hydrogen-bond acceptors (Lipinski definition) is 9. The summed E-state index contributed by atoms with van der Waals surface area (Å²) in [7, 11) is 0. The minimum atomic E-state index is -0.330. The molecule has 1 saturated heterocycles. The smallest absolute Gasteiger partial charge is 0.409 e. The molecule has 0 saturated carbocycles. The van der Waals surface area contributed by atoms with Crippen molar-refractivity contribution in [2.45, 2.75) is 24.8 Å². The fraction of sp³-hybridized carbons (Fsp3) is 0.320. The number of hydrogen-bond donors (Lipinski definition) is 0. The first kappa shape index (κ1) is 25.4. The van der Waals surface area contributed by atoms with E-state index in [0.29, 0.717) is 44.2 Å². The number of carbonyl (C=O) groups excluding carboxylic acids is 2. The highest BCUT2D eigenvalue weighted by Gasteiger charge is 2.27. The zero-order valence-electron chi connectivity index (χ0n) is 20.5. The second-order valence-corrected chi connectivity index (χ2v) is 11.2. The standard InChI is InChI=1S/C25H26N6O3S3/c1-3-34-25(33)30-11-9-29(10-12-30)23(32)19-15-36-21(26-19)16-37-24-28-27-22(20-8-5-13-35-20)31(24)18-7-4-6-17(2)14-18/h4-8,13-15H,3,9-12,16H2,1-2H3. The Balaban J connectivity index is 1.27. The highest BCUT2D eigenvalue weighted by atomic mass is 32.2. The van der Waals surface area contributed by atoms with E-state index >= 15 is 0 Å². The van der Waals surface area contributed by atoms with Crippen LogP contribution in [-0.4, -0.2) is 74.3 Å². The number of piperazine rings is 1. The quantitative estimate of drug-likeness (QED) is 0.298. The van der Waals surface area contributed by atoms with Crippen LogP contribution in [-0.2, 0) is 10.5 Å². The van der Waals surface area contributed by atoms with E-state index in [1.165, 1.54) is 11.3 Å². The highest BCUT2D eigenvalue weighted by molar-refractivity contribution is 7.98. The van der Waals surface area contributed by atoms with Gasteiger partial charge in [0, 0.05) is 31.6 Å². The van der Waals surface area contributed by atoms with Crippen LogP contribution in [0, 0.1) is 6.92 Å². The van der Waals surface area contributed by atoms with Crippen LogP contribution in [0.5, 0.6) is 0 Å². The molecule has 37 heavy (non-hydrogen) atoms. The van der Waals surface area contributed by atoms with Crippen LogP contribution in [0.15, 0.2) is 52.3 Å². The number of carbonyl (C=O) groups is 2. The number of aryl methyl sites for hydroxylation is 1. The molecule has 1 aliphatic rings. The number of aromatic nitrogens is 4. The number of thiophene rings is 1. The zero-order valence-corrected chi connectivity index (χ0v) is 22.9. The predicted molar refractivity (Wildman–Crippen MR) is 146 cm³/mol. The molecule has 4 heterocycles. The molecule has 0 N–H and O–H groups in total. The highest BCUT2D eigenvalue weighted by Crippen LogP contribution is 2.32. The molecule has 1 fully saturated rings. The summed E-state index contributed by atoms with van der Waals surface area (Å²) < 4.78 is 7.13. The Labute approximate surface area is 227 Å². The van der Waals surface area contributed by atoms with Crippen molar-refractivity contribution in [1.82, 2.24) is 29.5 Å². The average Bonchev–Trinajstić information content (AvgIpc) is 3.68. The number of rotatable bonds is 7. The number of thiazole rings is 1. The van der Waals surface area contributed by atoms with Gasteiger partial charge in [0.1, 0.15) is 10.7 Å². The minimum Gasteiger partial charge on any atom is -0.450 e. The largest absolute Gasteiger partial charge is 0.450 e. The minimum absolute atomic E-state index is 0.112. The molecular weight excluding hydrogens is 529 g/mol. The van der Waals surface area contributed by atoms with Crippen LogP contribution < -0.4 is 0 Å². The van der Waals surface area contributed by atoms with Crippen LogP contribution in [0.4, 0.5) is 4.79 Å². The lowest BCUT2D eigenvalue weighted by molar-refractivity contribution is 0.0566. The van der Waals surface area contributed by atoms with E-state index in [4.69, 9.17) is 4.74 Å². The van der Waals surface area contributed by atoms with Crippen LogP contribution in [0.1, 0.15) is 28.0 Å². The van der Waals surface area contributed by atoms with Crippen molar-refractivity contribution < 1.29 is 14.3 Å². The van der Waals surface area contributed by atoms with Gasteiger partial charge in [-0.1, -0.05) is 30.0 Å². The van der Waals surface area contributed by atoms with Crippen molar-refractivity contribution in [1.29, 1.82) is 0 Å². The van der Waals surface area contributed by atoms with Gasteiger partial charge < -0.3 is 14.5 Å². The number of ether oxygens (including phenoxy) is 1. The summed E-state index contributed by atoms with van der Waals surface area (Å²) in [6, 6.07) is 12.3. The maximum Gasteiger partial charge on any atom is 0.409 e. The first-order valence-electron chi connectivity index (χ1n) is 11.9. The Hall–Kier alpha value is -3.22. The Morgan fingerprint density at radius 1 is 1.05 bits per heavy atom. The summed E-state index contributed by atoms with van der Waals surface area (Å²) in [5.74, 6) is 1.27. The summed E-state index contributed by atoms with van der Waals surface area (Å²) >= 11 is 4.64. The third kappa shape index (κ3) is 5.71. The molecule has 0 radical (unpaired) electrons. The Bertz CT molecular complexity index is 1380. The zero-order chi connectivity index (χ0) is 25.8. The van der Waals surface area contributed by atoms with Gasteiger partial charge in [0.25, 0.3) is 5.91 Å². The van der Waals surface area contributed by atoms with Gasteiger partial charge in [-0.05, 0) is 43.0 Å². The molecule has 0 unspecified atom stereocenters. The lowest BCUT2D eigenvalue weighted by Crippen LogP contribution is -2.50. The fourth-order valence-electron chi connectivity index (χ4n) is 4.00. The van der Waals surface area contributed by atoms with Crippen molar-refractivity contribution in [3.63, 3.8) is 0 Å². The molecule has 4 aromatic rings. The van der Waals surface area contributed by atoms with E-state index in [1.807, 2.05) is 23.6 Å². The third-order valence-corrected chi connectivity index (χ3v) is 8.66.